The van der Waals surface area contributed by atoms with Crippen molar-refractivity contribution in [1.82, 2.24) is 4.90 Å². The molecule has 1 N–H and O–H groups in total. The molecule has 7 heteroatoms. The van der Waals surface area contributed by atoms with Crippen LogP contribution < -0.4 is 5.32 Å². The van der Waals surface area contributed by atoms with Gasteiger partial charge in [0.1, 0.15) is 11.1 Å². The van der Waals surface area contributed by atoms with E-state index in [1.165, 1.54) is 17.4 Å². The normalized spacial score (nSPS) is 13.5. The summed E-state index contributed by atoms with van der Waals surface area (Å²) in [5, 5.41) is 13.2. The fourth-order valence-corrected chi connectivity index (χ4v) is 5.01. The number of nitriles is 1. The minimum absolute atomic E-state index is 0.155. The summed E-state index contributed by atoms with van der Waals surface area (Å²) in [7, 11) is 0. The van der Waals surface area contributed by atoms with Crippen LogP contribution in [0, 0.1) is 29.9 Å². The van der Waals surface area contributed by atoms with Gasteiger partial charge in [0.2, 0.25) is 5.91 Å². The van der Waals surface area contributed by atoms with Gasteiger partial charge < -0.3 is 5.32 Å². The number of amides is 1. The van der Waals surface area contributed by atoms with Gasteiger partial charge in [-0.3, -0.25) is 9.69 Å². The van der Waals surface area contributed by atoms with E-state index in [2.05, 4.69) is 16.3 Å². The summed E-state index contributed by atoms with van der Waals surface area (Å²) in [6.45, 7) is 3.79. The number of nitrogens with one attached hydrogen (secondary N) is 1. The molecule has 0 saturated carbocycles. The first-order valence-corrected chi connectivity index (χ1v) is 10.8. The molecule has 3 aromatic rings. The molecular weight excluding hydrogens is 416 g/mol. The Balaban J connectivity index is 1.46. The summed E-state index contributed by atoms with van der Waals surface area (Å²) in [5.41, 5.74) is 4.26. The van der Waals surface area contributed by atoms with Gasteiger partial charge >= 0.3 is 0 Å². The van der Waals surface area contributed by atoms with Crippen LogP contribution in [0.15, 0.2) is 42.5 Å². The molecule has 4 nitrogen and oxygen atoms in total. The second kappa shape index (κ2) is 8.96. The maximum absolute atomic E-state index is 13.5. The summed E-state index contributed by atoms with van der Waals surface area (Å²) in [6.07, 6.45) is 0.919. The van der Waals surface area contributed by atoms with Gasteiger partial charge in [-0.2, -0.15) is 5.26 Å². The fraction of sp³-hybridized carbons (Fsp3) is 0.250. The molecular formula is C24H21F2N3OS. The lowest BCUT2D eigenvalue weighted by Gasteiger charge is -2.26. The van der Waals surface area contributed by atoms with Crippen LogP contribution in [-0.4, -0.2) is 17.4 Å². The molecule has 0 atom stereocenters. The minimum atomic E-state index is -0.854. The number of carbonyl (C=O) groups excluding carboxylic acids is 1. The van der Waals surface area contributed by atoms with E-state index < -0.39 is 11.6 Å². The van der Waals surface area contributed by atoms with Gasteiger partial charge in [-0.15, -0.1) is 11.3 Å². The molecule has 2 aromatic carbocycles. The first-order valence-electron chi connectivity index (χ1n) is 9.99. The lowest BCUT2D eigenvalue weighted by atomic mass is 10.0. The maximum Gasteiger partial charge on any atom is 0.229 e. The van der Waals surface area contributed by atoms with E-state index in [4.69, 9.17) is 0 Å². The Hall–Kier alpha value is -3.08. The number of hydrogen-bond acceptors (Lipinski definition) is 4. The van der Waals surface area contributed by atoms with Gasteiger partial charge in [0.05, 0.1) is 12.0 Å². The molecule has 4 rings (SSSR count). The Morgan fingerprint density at radius 3 is 2.61 bits per heavy atom. The molecule has 0 bridgehead atoms. The molecule has 0 spiro atoms. The molecule has 1 aliphatic heterocycles. The van der Waals surface area contributed by atoms with Crippen LogP contribution >= 0.6 is 11.3 Å². The highest BCUT2D eigenvalue weighted by atomic mass is 32.1. The van der Waals surface area contributed by atoms with Gasteiger partial charge in [0.15, 0.2) is 11.6 Å². The predicted octanol–water partition coefficient (Wildman–Crippen LogP) is 4.95. The van der Waals surface area contributed by atoms with Crippen LogP contribution in [0.2, 0.25) is 0 Å². The smallest absolute Gasteiger partial charge is 0.229 e. The Morgan fingerprint density at radius 2 is 1.90 bits per heavy atom. The SMILES string of the molecule is Cc1ccc(CC(=O)Nc2sc3c(c2C#N)CCN(Cc2ccc(F)c(F)c2)C3)cc1. The number of halogens is 2. The van der Waals surface area contributed by atoms with Crippen molar-refractivity contribution in [2.45, 2.75) is 32.9 Å². The number of rotatable bonds is 5. The zero-order valence-corrected chi connectivity index (χ0v) is 17.9. The first-order chi connectivity index (χ1) is 14.9. The minimum Gasteiger partial charge on any atom is -0.316 e. The Kier molecular flexibility index (Phi) is 6.12. The standard InChI is InChI=1S/C24H21F2N3OS/c1-15-2-4-16(5-3-15)11-23(30)28-24-19(12-27)18-8-9-29(14-22(18)31-24)13-17-6-7-20(25)21(26)10-17/h2-7,10H,8-9,11,13-14H2,1H3,(H,28,30). The first kappa shape index (κ1) is 21.2. The van der Waals surface area contributed by atoms with Crippen LogP contribution in [0.3, 0.4) is 0 Å². The zero-order valence-electron chi connectivity index (χ0n) is 17.0. The molecule has 0 unspecified atom stereocenters. The van der Waals surface area contributed by atoms with Crippen molar-refractivity contribution in [2.24, 2.45) is 0 Å². The third-order valence-corrected chi connectivity index (χ3v) is 6.51. The number of anilines is 1. The van der Waals surface area contributed by atoms with Gasteiger partial charge in [-0.05, 0) is 42.2 Å². The van der Waals surface area contributed by atoms with Crippen molar-refractivity contribution < 1.29 is 13.6 Å². The van der Waals surface area contributed by atoms with E-state index in [1.807, 2.05) is 31.2 Å². The summed E-state index contributed by atoms with van der Waals surface area (Å²) in [4.78, 5) is 15.7. The number of nitrogens with zero attached hydrogens (tertiary/aromatic N) is 2. The Bertz CT molecular complexity index is 1160. The number of aryl methyl sites for hydroxylation is 1. The second-order valence-corrected chi connectivity index (χ2v) is 8.84. The second-order valence-electron chi connectivity index (χ2n) is 7.74. The van der Waals surface area contributed by atoms with Crippen LogP contribution in [0.5, 0.6) is 0 Å². The average molecular weight is 438 g/mol. The number of hydrogen-bond donors (Lipinski definition) is 1. The summed E-state index contributed by atoms with van der Waals surface area (Å²) >= 11 is 1.42. The number of thiophene rings is 1. The quantitative estimate of drug-likeness (QED) is 0.615. The van der Waals surface area contributed by atoms with E-state index in [0.717, 1.165) is 27.6 Å². The molecule has 1 aromatic heterocycles. The maximum atomic E-state index is 13.5. The topological polar surface area (TPSA) is 56.1 Å². The molecule has 0 fully saturated rings. The van der Waals surface area contributed by atoms with Crippen molar-refractivity contribution in [1.29, 1.82) is 5.26 Å². The molecule has 1 amide bonds. The van der Waals surface area contributed by atoms with Crippen molar-refractivity contribution >= 4 is 22.2 Å². The third-order valence-electron chi connectivity index (χ3n) is 5.38. The highest BCUT2D eigenvalue weighted by molar-refractivity contribution is 7.16. The van der Waals surface area contributed by atoms with Crippen LogP contribution in [-0.2, 0) is 30.7 Å². The van der Waals surface area contributed by atoms with E-state index >= 15 is 0 Å². The number of fused-ring (bicyclic) bond motifs is 1. The number of benzene rings is 2. The van der Waals surface area contributed by atoms with E-state index in [0.29, 0.717) is 42.2 Å². The van der Waals surface area contributed by atoms with Crippen molar-refractivity contribution in [3.8, 4) is 6.07 Å². The van der Waals surface area contributed by atoms with Gasteiger partial charge in [-0.1, -0.05) is 35.9 Å². The molecule has 0 radical (unpaired) electrons. The molecule has 0 saturated heterocycles. The third kappa shape index (κ3) is 4.82. The van der Waals surface area contributed by atoms with Crippen LogP contribution in [0.4, 0.5) is 13.8 Å². The van der Waals surface area contributed by atoms with Crippen LogP contribution in [0.25, 0.3) is 0 Å². The monoisotopic (exact) mass is 437 g/mol. The zero-order chi connectivity index (χ0) is 22.0. The van der Waals surface area contributed by atoms with Gasteiger partial charge in [0, 0.05) is 24.5 Å². The highest BCUT2D eigenvalue weighted by Gasteiger charge is 2.25. The fourth-order valence-electron chi connectivity index (χ4n) is 3.76. The average Bonchev–Trinajstić information content (AvgIpc) is 3.08. The van der Waals surface area contributed by atoms with Crippen LogP contribution in [0.1, 0.15) is 32.7 Å². The number of carbonyl (C=O) groups is 1. The van der Waals surface area contributed by atoms with Crippen molar-refractivity contribution in [3.05, 3.63) is 86.8 Å². The molecule has 31 heavy (non-hydrogen) atoms. The molecule has 2 heterocycles. The van der Waals surface area contributed by atoms with Crippen molar-refractivity contribution in [3.63, 3.8) is 0 Å². The van der Waals surface area contributed by atoms with E-state index in [-0.39, 0.29) is 12.3 Å². The molecule has 158 valence electrons. The summed E-state index contributed by atoms with van der Waals surface area (Å²) in [5.74, 6) is -1.86. The summed E-state index contributed by atoms with van der Waals surface area (Å²) in [6, 6.07) is 14.0. The lowest BCUT2D eigenvalue weighted by Crippen LogP contribution is -2.29. The molecule has 1 aliphatic rings. The Morgan fingerprint density at radius 1 is 1.16 bits per heavy atom. The predicted molar refractivity (Wildman–Crippen MR) is 117 cm³/mol. The largest absolute Gasteiger partial charge is 0.316 e. The highest BCUT2D eigenvalue weighted by Crippen LogP contribution is 2.37. The molecule has 0 aliphatic carbocycles. The van der Waals surface area contributed by atoms with Gasteiger partial charge in [0.25, 0.3) is 0 Å². The van der Waals surface area contributed by atoms with E-state index in [9.17, 15) is 18.8 Å². The van der Waals surface area contributed by atoms with Gasteiger partial charge in [-0.25, -0.2) is 8.78 Å². The Labute approximate surface area is 183 Å². The van der Waals surface area contributed by atoms with Crippen molar-refractivity contribution in [2.75, 3.05) is 11.9 Å². The lowest BCUT2D eigenvalue weighted by molar-refractivity contribution is -0.115. The summed E-state index contributed by atoms with van der Waals surface area (Å²) < 4.78 is 26.7. The van der Waals surface area contributed by atoms with E-state index in [1.54, 1.807) is 6.07 Å².